The van der Waals surface area contributed by atoms with Gasteiger partial charge in [-0.25, -0.2) is 0 Å². The molecular weight excluding hydrogens is 368 g/mol. The molecule has 1 fully saturated rings. The summed E-state index contributed by atoms with van der Waals surface area (Å²) in [6, 6.07) is 12.3. The molecule has 0 bridgehead atoms. The van der Waals surface area contributed by atoms with E-state index in [1.807, 2.05) is 31.2 Å². The van der Waals surface area contributed by atoms with Gasteiger partial charge in [0.25, 0.3) is 5.91 Å². The molecule has 1 aromatic carbocycles. The number of ether oxygens (including phenoxy) is 1. The van der Waals surface area contributed by atoms with E-state index in [0.29, 0.717) is 6.54 Å². The number of hydrogen-bond acceptors (Lipinski definition) is 4. The number of aryl methyl sites for hydroxylation is 1. The zero-order valence-corrected chi connectivity index (χ0v) is 16.8. The van der Waals surface area contributed by atoms with E-state index >= 15 is 0 Å². The average molecular weight is 395 g/mol. The lowest BCUT2D eigenvalue weighted by atomic mass is 10.1. The van der Waals surface area contributed by atoms with Crippen LogP contribution in [0.2, 0.25) is 0 Å². The highest BCUT2D eigenvalue weighted by atomic mass is 35.5. The van der Waals surface area contributed by atoms with Gasteiger partial charge in [0.05, 0.1) is 6.04 Å². The highest BCUT2D eigenvalue weighted by Gasteiger charge is 2.23. The predicted molar refractivity (Wildman–Crippen MR) is 109 cm³/mol. The Labute approximate surface area is 166 Å². The van der Waals surface area contributed by atoms with E-state index in [1.165, 1.54) is 24.1 Å². The Bertz CT molecular complexity index is 672. The molecule has 0 spiro atoms. The molecule has 1 saturated heterocycles. The lowest BCUT2D eigenvalue weighted by Crippen LogP contribution is -2.41. The molecule has 26 heavy (non-hydrogen) atoms. The van der Waals surface area contributed by atoms with Gasteiger partial charge in [0.2, 0.25) is 0 Å². The summed E-state index contributed by atoms with van der Waals surface area (Å²) in [6.45, 7) is 4.89. The maximum Gasteiger partial charge on any atom is 0.258 e. The number of halogens is 1. The second-order valence-corrected chi connectivity index (χ2v) is 7.47. The minimum atomic E-state index is -0.0678. The maximum absolute atomic E-state index is 12.2. The van der Waals surface area contributed by atoms with Crippen LogP contribution in [0.1, 0.15) is 35.7 Å². The lowest BCUT2D eigenvalue weighted by molar-refractivity contribution is -0.123. The number of carbonyl (C=O) groups is 1. The minimum Gasteiger partial charge on any atom is -0.484 e. The van der Waals surface area contributed by atoms with Crippen molar-refractivity contribution < 1.29 is 9.53 Å². The fourth-order valence-corrected chi connectivity index (χ4v) is 4.10. The van der Waals surface area contributed by atoms with Crippen LogP contribution in [0.4, 0.5) is 0 Å². The lowest BCUT2D eigenvalue weighted by Gasteiger charge is -2.34. The number of rotatable bonds is 7. The molecular formula is C20H27ClN2O2S. The van der Waals surface area contributed by atoms with Crippen molar-refractivity contribution in [1.82, 2.24) is 10.2 Å². The van der Waals surface area contributed by atoms with Crippen LogP contribution in [-0.2, 0) is 4.79 Å². The van der Waals surface area contributed by atoms with Crippen LogP contribution < -0.4 is 10.1 Å². The first-order chi connectivity index (χ1) is 12.2. The third-order valence-corrected chi connectivity index (χ3v) is 5.62. The molecule has 3 rings (SSSR count). The van der Waals surface area contributed by atoms with Crippen molar-refractivity contribution >= 4 is 29.7 Å². The Morgan fingerprint density at radius 1 is 1.19 bits per heavy atom. The van der Waals surface area contributed by atoms with E-state index in [2.05, 4.69) is 27.7 Å². The Hall–Kier alpha value is -1.56. The fraction of sp³-hybridized carbons (Fsp3) is 0.450. The van der Waals surface area contributed by atoms with Crippen LogP contribution in [0.3, 0.4) is 0 Å². The zero-order chi connectivity index (χ0) is 17.5. The molecule has 2 aromatic rings. The van der Waals surface area contributed by atoms with Crippen molar-refractivity contribution in [2.24, 2.45) is 0 Å². The molecule has 1 aromatic heterocycles. The summed E-state index contributed by atoms with van der Waals surface area (Å²) in [5.74, 6) is 0.699. The van der Waals surface area contributed by atoms with E-state index in [1.54, 1.807) is 11.3 Å². The van der Waals surface area contributed by atoms with E-state index in [4.69, 9.17) is 4.74 Å². The Kier molecular flexibility index (Phi) is 8.42. The van der Waals surface area contributed by atoms with Gasteiger partial charge in [0.15, 0.2) is 6.61 Å². The summed E-state index contributed by atoms with van der Waals surface area (Å²) in [5.41, 5.74) is 1.04. The Balaban J connectivity index is 0.00000243. The van der Waals surface area contributed by atoms with Crippen molar-refractivity contribution in [2.75, 3.05) is 26.2 Å². The molecule has 1 aliphatic heterocycles. The third kappa shape index (κ3) is 5.73. The second-order valence-electron chi connectivity index (χ2n) is 6.49. The monoisotopic (exact) mass is 394 g/mol. The van der Waals surface area contributed by atoms with Gasteiger partial charge in [-0.1, -0.05) is 30.7 Å². The van der Waals surface area contributed by atoms with Crippen molar-refractivity contribution in [3.8, 4) is 5.75 Å². The molecule has 142 valence electrons. The molecule has 0 radical (unpaired) electrons. The number of nitrogens with one attached hydrogen (secondary N) is 1. The number of thiophene rings is 1. The average Bonchev–Trinajstić information content (AvgIpc) is 3.16. The number of hydrogen-bond donors (Lipinski definition) is 1. The SMILES string of the molecule is Cc1ccccc1OCC(=O)NCC(c1cccs1)N1CCCCC1.Cl. The summed E-state index contributed by atoms with van der Waals surface area (Å²) >= 11 is 1.76. The number of likely N-dealkylation sites (tertiary alicyclic amines) is 1. The second kappa shape index (κ2) is 10.6. The molecule has 1 atom stereocenters. The summed E-state index contributed by atoms with van der Waals surface area (Å²) in [5, 5.41) is 5.17. The minimum absolute atomic E-state index is 0. The molecule has 1 aliphatic rings. The number of nitrogens with zero attached hydrogens (tertiary/aromatic N) is 1. The summed E-state index contributed by atoms with van der Waals surface area (Å²) in [4.78, 5) is 16.1. The number of carbonyl (C=O) groups excluding carboxylic acids is 1. The normalized spacial score (nSPS) is 15.7. The molecule has 1 amide bonds. The summed E-state index contributed by atoms with van der Waals surface area (Å²) < 4.78 is 5.64. The first-order valence-electron chi connectivity index (χ1n) is 8.96. The van der Waals surface area contributed by atoms with Gasteiger partial charge in [-0.2, -0.15) is 0 Å². The highest BCUT2D eigenvalue weighted by Crippen LogP contribution is 2.27. The van der Waals surface area contributed by atoms with Gasteiger partial charge in [0.1, 0.15) is 5.75 Å². The molecule has 1 N–H and O–H groups in total. The number of piperidine rings is 1. The van der Waals surface area contributed by atoms with Gasteiger partial charge < -0.3 is 10.1 Å². The number of amides is 1. The molecule has 0 saturated carbocycles. The van der Waals surface area contributed by atoms with Gasteiger partial charge in [0, 0.05) is 11.4 Å². The third-order valence-electron chi connectivity index (χ3n) is 4.65. The standard InChI is InChI=1S/C20H26N2O2S.ClH/c1-16-8-3-4-9-18(16)24-15-20(23)21-14-17(19-10-7-13-25-19)22-11-5-2-6-12-22;/h3-4,7-10,13,17H,2,5-6,11-12,14-15H2,1H3,(H,21,23);1H. The van der Waals surface area contributed by atoms with Gasteiger partial charge >= 0.3 is 0 Å². The largest absolute Gasteiger partial charge is 0.484 e. The predicted octanol–water partition coefficient (Wildman–Crippen LogP) is 4.20. The number of benzene rings is 1. The van der Waals surface area contributed by atoms with Crippen molar-refractivity contribution in [1.29, 1.82) is 0 Å². The Morgan fingerprint density at radius 2 is 1.96 bits per heavy atom. The van der Waals surface area contributed by atoms with Crippen molar-refractivity contribution in [3.63, 3.8) is 0 Å². The smallest absolute Gasteiger partial charge is 0.258 e. The summed E-state index contributed by atoms with van der Waals surface area (Å²) in [6.07, 6.45) is 3.79. The quantitative estimate of drug-likeness (QED) is 0.765. The van der Waals surface area contributed by atoms with Gasteiger partial charge in [-0.05, 0) is 55.9 Å². The van der Waals surface area contributed by atoms with E-state index in [-0.39, 0.29) is 31.0 Å². The Morgan fingerprint density at radius 3 is 2.65 bits per heavy atom. The van der Waals surface area contributed by atoms with Crippen LogP contribution in [-0.4, -0.2) is 37.0 Å². The first-order valence-corrected chi connectivity index (χ1v) is 9.84. The topological polar surface area (TPSA) is 41.6 Å². The van der Waals surface area contributed by atoms with Crippen LogP contribution in [0.15, 0.2) is 41.8 Å². The molecule has 4 nitrogen and oxygen atoms in total. The molecule has 0 aliphatic carbocycles. The molecule has 2 heterocycles. The van der Waals surface area contributed by atoms with Crippen LogP contribution in [0.5, 0.6) is 5.75 Å². The van der Waals surface area contributed by atoms with Crippen LogP contribution in [0, 0.1) is 6.92 Å². The van der Waals surface area contributed by atoms with E-state index in [9.17, 15) is 4.79 Å². The van der Waals surface area contributed by atoms with Gasteiger partial charge in [-0.15, -0.1) is 23.7 Å². The van der Waals surface area contributed by atoms with Crippen LogP contribution in [0.25, 0.3) is 0 Å². The molecule has 6 heteroatoms. The first kappa shape index (κ1) is 20.7. The summed E-state index contributed by atoms with van der Waals surface area (Å²) in [7, 11) is 0. The maximum atomic E-state index is 12.2. The molecule has 1 unspecified atom stereocenters. The van der Waals surface area contributed by atoms with Gasteiger partial charge in [-0.3, -0.25) is 9.69 Å². The highest BCUT2D eigenvalue weighted by molar-refractivity contribution is 7.10. The number of para-hydroxylation sites is 1. The van der Waals surface area contributed by atoms with Crippen LogP contribution >= 0.6 is 23.7 Å². The van der Waals surface area contributed by atoms with E-state index in [0.717, 1.165) is 24.4 Å². The van der Waals surface area contributed by atoms with Crippen molar-refractivity contribution in [3.05, 3.63) is 52.2 Å². The van der Waals surface area contributed by atoms with Crippen molar-refractivity contribution in [2.45, 2.75) is 32.2 Å². The fourth-order valence-electron chi connectivity index (χ4n) is 3.24. The van der Waals surface area contributed by atoms with E-state index < -0.39 is 0 Å². The zero-order valence-electron chi connectivity index (χ0n) is 15.1.